The molecule has 2 aromatic rings. The van der Waals surface area contributed by atoms with Crippen molar-refractivity contribution in [2.75, 3.05) is 0 Å². The second kappa shape index (κ2) is 5.67. The molecule has 0 saturated heterocycles. The van der Waals surface area contributed by atoms with Crippen LogP contribution in [-0.4, -0.2) is 10.1 Å². The zero-order valence-corrected chi connectivity index (χ0v) is 11.7. The van der Waals surface area contributed by atoms with Gasteiger partial charge in [0.15, 0.2) is 0 Å². The van der Waals surface area contributed by atoms with Gasteiger partial charge in [-0.1, -0.05) is 33.8 Å². The number of hydrogen-bond acceptors (Lipinski definition) is 3. The Bertz CT molecular complexity index is 482. The highest BCUT2D eigenvalue weighted by Crippen LogP contribution is 2.27. The van der Waals surface area contributed by atoms with Gasteiger partial charge >= 0.3 is 0 Å². The molecule has 1 N–H and O–H groups in total. The second-order valence-electron chi connectivity index (χ2n) is 3.66. The monoisotopic (exact) mass is 309 g/mol. The van der Waals surface area contributed by atoms with Gasteiger partial charge in [0.05, 0.1) is 6.10 Å². The molecule has 0 radical (unpaired) electrons. The van der Waals surface area contributed by atoms with Gasteiger partial charge < -0.3 is 5.11 Å². The molecule has 0 aliphatic rings. The fourth-order valence-electron chi connectivity index (χ4n) is 1.32. The molecule has 1 atom stereocenters. The fourth-order valence-corrected chi connectivity index (χ4v) is 2.34. The predicted molar refractivity (Wildman–Crippen MR) is 73.1 cm³/mol. The Kier molecular flexibility index (Phi) is 4.20. The van der Waals surface area contributed by atoms with Crippen molar-refractivity contribution < 1.29 is 5.11 Å². The van der Waals surface area contributed by atoms with Gasteiger partial charge in [0.1, 0.15) is 5.03 Å². The molecule has 1 unspecified atom stereocenters. The lowest BCUT2D eigenvalue weighted by molar-refractivity contribution is 0.198. The maximum Gasteiger partial charge on any atom is 0.101 e. The third-order valence-electron chi connectivity index (χ3n) is 2.28. The van der Waals surface area contributed by atoms with Gasteiger partial charge in [-0.3, -0.25) is 0 Å². The van der Waals surface area contributed by atoms with E-state index < -0.39 is 6.10 Å². The quantitative estimate of drug-likeness (QED) is 0.928. The first-order valence-corrected chi connectivity index (χ1v) is 6.83. The van der Waals surface area contributed by atoms with Crippen molar-refractivity contribution in [2.24, 2.45) is 0 Å². The standard InChI is InChI=1S/C13H12BrNOS/c1-9(16)10-2-7-13(15-8-10)17-12-5-3-11(14)4-6-12/h2-9,16H,1H3. The van der Waals surface area contributed by atoms with Crippen LogP contribution < -0.4 is 0 Å². The Morgan fingerprint density at radius 3 is 2.41 bits per heavy atom. The van der Waals surface area contributed by atoms with Crippen LogP contribution in [0.1, 0.15) is 18.6 Å². The van der Waals surface area contributed by atoms with E-state index in [9.17, 15) is 5.11 Å². The van der Waals surface area contributed by atoms with Gasteiger partial charge in [0, 0.05) is 15.6 Å². The summed E-state index contributed by atoms with van der Waals surface area (Å²) in [6.07, 6.45) is 1.25. The van der Waals surface area contributed by atoms with Crippen LogP contribution in [0, 0.1) is 0 Å². The molecule has 2 rings (SSSR count). The molecule has 4 heteroatoms. The summed E-state index contributed by atoms with van der Waals surface area (Å²) >= 11 is 5.01. The number of aliphatic hydroxyl groups excluding tert-OH is 1. The van der Waals surface area contributed by atoms with Gasteiger partial charge in [-0.05, 0) is 42.8 Å². The highest BCUT2D eigenvalue weighted by atomic mass is 79.9. The first kappa shape index (κ1) is 12.6. The minimum Gasteiger partial charge on any atom is -0.389 e. The average molecular weight is 310 g/mol. The van der Waals surface area contributed by atoms with Crippen LogP contribution in [0.2, 0.25) is 0 Å². The highest BCUT2D eigenvalue weighted by Gasteiger charge is 2.02. The van der Waals surface area contributed by atoms with Crippen LogP contribution >= 0.6 is 27.7 Å². The summed E-state index contributed by atoms with van der Waals surface area (Å²) in [5, 5.41) is 10.3. The van der Waals surface area contributed by atoms with Crippen molar-refractivity contribution in [3.05, 3.63) is 52.6 Å². The Balaban J connectivity index is 2.11. The topological polar surface area (TPSA) is 33.1 Å². The molecular weight excluding hydrogens is 298 g/mol. The third kappa shape index (κ3) is 3.56. The normalized spacial score (nSPS) is 12.4. The molecule has 0 aliphatic heterocycles. The molecule has 0 bridgehead atoms. The summed E-state index contributed by atoms with van der Waals surface area (Å²) in [5.41, 5.74) is 0.838. The van der Waals surface area contributed by atoms with Crippen LogP contribution in [0.5, 0.6) is 0 Å². The van der Waals surface area contributed by atoms with E-state index in [0.717, 1.165) is 20.0 Å². The van der Waals surface area contributed by atoms with Crippen LogP contribution in [-0.2, 0) is 0 Å². The number of hydrogen-bond donors (Lipinski definition) is 1. The number of benzene rings is 1. The van der Waals surface area contributed by atoms with E-state index in [-0.39, 0.29) is 0 Å². The molecule has 0 amide bonds. The molecule has 17 heavy (non-hydrogen) atoms. The Hall–Kier alpha value is -0.840. The smallest absolute Gasteiger partial charge is 0.101 e. The van der Waals surface area contributed by atoms with Gasteiger partial charge in [0.25, 0.3) is 0 Å². The lowest BCUT2D eigenvalue weighted by atomic mass is 10.2. The highest BCUT2D eigenvalue weighted by molar-refractivity contribution is 9.10. The predicted octanol–water partition coefficient (Wildman–Crippen LogP) is 4.05. The third-order valence-corrected chi connectivity index (χ3v) is 3.76. The van der Waals surface area contributed by atoms with Crippen LogP contribution in [0.3, 0.4) is 0 Å². The molecule has 0 spiro atoms. The van der Waals surface area contributed by atoms with E-state index >= 15 is 0 Å². The second-order valence-corrected chi connectivity index (χ2v) is 5.67. The molecular formula is C13H12BrNOS. The maximum atomic E-state index is 9.38. The lowest BCUT2D eigenvalue weighted by Crippen LogP contribution is -1.91. The minimum absolute atomic E-state index is 0.464. The van der Waals surface area contributed by atoms with Crippen molar-refractivity contribution in [3.63, 3.8) is 0 Å². The van der Waals surface area contributed by atoms with E-state index in [0.29, 0.717) is 0 Å². The summed E-state index contributed by atoms with van der Waals surface area (Å²) in [4.78, 5) is 5.45. The number of rotatable bonds is 3. The Morgan fingerprint density at radius 1 is 1.18 bits per heavy atom. The maximum absolute atomic E-state index is 9.38. The average Bonchev–Trinajstić information content (AvgIpc) is 2.33. The van der Waals surface area contributed by atoms with Crippen LogP contribution in [0.15, 0.2) is 57.0 Å². The molecule has 0 aliphatic carbocycles. The Labute approximate surface area is 113 Å². The zero-order valence-electron chi connectivity index (χ0n) is 9.30. The van der Waals surface area contributed by atoms with Crippen molar-refractivity contribution in [3.8, 4) is 0 Å². The van der Waals surface area contributed by atoms with E-state index in [2.05, 4.69) is 20.9 Å². The summed E-state index contributed by atoms with van der Waals surface area (Å²) in [6, 6.07) is 11.9. The van der Waals surface area contributed by atoms with Gasteiger partial charge in [-0.15, -0.1) is 0 Å². The fraction of sp³-hybridized carbons (Fsp3) is 0.154. The van der Waals surface area contributed by atoms with Crippen LogP contribution in [0.25, 0.3) is 0 Å². The molecule has 88 valence electrons. The van der Waals surface area contributed by atoms with E-state index in [1.54, 1.807) is 24.9 Å². The van der Waals surface area contributed by atoms with E-state index in [1.165, 1.54) is 0 Å². The van der Waals surface area contributed by atoms with E-state index in [4.69, 9.17) is 0 Å². The van der Waals surface area contributed by atoms with Gasteiger partial charge in [-0.2, -0.15) is 0 Å². The molecule has 1 aromatic heterocycles. The number of aromatic nitrogens is 1. The summed E-state index contributed by atoms with van der Waals surface area (Å²) in [6.45, 7) is 1.73. The van der Waals surface area contributed by atoms with Gasteiger partial charge in [0.2, 0.25) is 0 Å². The molecule has 0 fully saturated rings. The van der Waals surface area contributed by atoms with Crippen molar-refractivity contribution in [2.45, 2.75) is 22.9 Å². The van der Waals surface area contributed by atoms with Gasteiger partial charge in [-0.25, -0.2) is 4.98 Å². The lowest BCUT2D eigenvalue weighted by Gasteiger charge is -2.05. The Morgan fingerprint density at radius 2 is 1.88 bits per heavy atom. The summed E-state index contributed by atoms with van der Waals surface area (Å²) in [7, 11) is 0. The number of pyridine rings is 1. The molecule has 0 saturated carbocycles. The molecule has 2 nitrogen and oxygen atoms in total. The van der Waals surface area contributed by atoms with E-state index in [1.807, 2.05) is 36.4 Å². The number of aliphatic hydroxyl groups is 1. The molecule has 1 heterocycles. The van der Waals surface area contributed by atoms with Crippen molar-refractivity contribution in [1.82, 2.24) is 4.98 Å². The number of nitrogens with zero attached hydrogens (tertiary/aromatic N) is 1. The number of halogens is 1. The van der Waals surface area contributed by atoms with Crippen molar-refractivity contribution >= 4 is 27.7 Å². The van der Waals surface area contributed by atoms with Crippen LogP contribution in [0.4, 0.5) is 0 Å². The first-order valence-electron chi connectivity index (χ1n) is 5.22. The summed E-state index contributed by atoms with van der Waals surface area (Å²) in [5.74, 6) is 0. The summed E-state index contributed by atoms with van der Waals surface area (Å²) < 4.78 is 1.07. The SMILES string of the molecule is CC(O)c1ccc(Sc2ccc(Br)cc2)nc1. The zero-order chi connectivity index (χ0) is 12.3. The largest absolute Gasteiger partial charge is 0.389 e. The minimum atomic E-state index is -0.464. The molecule has 1 aromatic carbocycles. The first-order chi connectivity index (χ1) is 8.15. The van der Waals surface area contributed by atoms with Crippen molar-refractivity contribution in [1.29, 1.82) is 0 Å².